The van der Waals surface area contributed by atoms with Gasteiger partial charge in [-0.25, -0.2) is 0 Å². The van der Waals surface area contributed by atoms with E-state index in [9.17, 15) is 19.5 Å². The Bertz CT molecular complexity index is 801. The fraction of sp³-hybridized carbons (Fsp3) is 0.312. The van der Waals surface area contributed by atoms with E-state index in [2.05, 4.69) is 26.0 Å². The van der Waals surface area contributed by atoms with Crippen molar-refractivity contribution < 1.29 is 19.4 Å². The Hall–Kier alpha value is -2.19. The van der Waals surface area contributed by atoms with Gasteiger partial charge in [0, 0.05) is 44.1 Å². The lowest BCUT2D eigenvalue weighted by molar-refractivity contribution is -0.107. The SMILES string of the molecule is COC.Cn1c(=O)c(C(=O)NCCC=O)c(O)c2ccc(Br)cc21. The zero-order chi connectivity index (χ0) is 18.3. The van der Waals surface area contributed by atoms with Gasteiger partial charge in [-0.1, -0.05) is 15.9 Å². The average Bonchev–Trinajstić information content (AvgIpc) is 2.54. The molecule has 1 heterocycles. The van der Waals surface area contributed by atoms with E-state index in [1.54, 1.807) is 32.4 Å². The van der Waals surface area contributed by atoms with Crippen molar-refractivity contribution in [3.05, 3.63) is 38.6 Å². The number of nitrogens with zero attached hydrogens (tertiary/aromatic N) is 1. The summed E-state index contributed by atoms with van der Waals surface area (Å²) in [5, 5.41) is 13.0. The Balaban J connectivity index is 0.000000891. The zero-order valence-corrected chi connectivity index (χ0v) is 15.2. The van der Waals surface area contributed by atoms with E-state index >= 15 is 0 Å². The van der Waals surface area contributed by atoms with Crippen LogP contribution in [0.4, 0.5) is 0 Å². The standard InChI is InChI=1S/C14H13BrN2O4.C2H6O/c1-17-10-7-8(15)3-4-9(10)12(19)11(14(17)21)13(20)16-5-2-6-18;1-3-2/h3-4,6-7,19H,2,5H2,1H3,(H,16,20);1-2H3. The van der Waals surface area contributed by atoms with Crippen LogP contribution in [0, 0.1) is 0 Å². The summed E-state index contributed by atoms with van der Waals surface area (Å²) < 4.78 is 6.31. The maximum atomic E-state index is 12.2. The van der Waals surface area contributed by atoms with E-state index in [4.69, 9.17) is 0 Å². The second-order valence-electron chi connectivity index (χ2n) is 4.87. The zero-order valence-electron chi connectivity index (χ0n) is 13.6. The quantitative estimate of drug-likeness (QED) is 0.601. The first kappa shape index (κ1) is 19.9. The minimum Gasteiger partial charge on any atom is -0.506 e. The molecule has 0 unspecified atom stereocenters. The summed E-state index contributed by atoms with van der Waals surface area (Å²) >= 11 is 3.30. The van der Waals surface area contributed by atoms with E-state index in [0.717, 1.165) is 4.47 Å². The van der Waals surface area contributed by atoms with Gasteiger partial charge in [-0.05, 0) is 18.2 Å². The lowest BCUT2D eigenvalue weighted by Crippen LogP contribution is -2.33. The Morgan fingerprint density at radius 1 is 1.42 bits per heavy atom. The number of aromatic hydroxyl groups is 1. The fourth-order valence-electron chi connectivity index (χ4n) is 2.03. The van der Waals surface area contributed by atoms with Crippen LogP contribution in [0.3, 0.4) is 0 Å². The van der Waals surface area contributed by atoms with Crippen molar-refractivity contribution >= 4 is 39.0 Å². The smallest absolute Gasteiger partial charge is 0.267 e. The van der Waals surface area contributed by atoms with Crippen LogP contribution in [0.25, 0.3) is 10.9 Å². The van der Waals surface area contributed by atoms with Crippen LogP contribution in [0.5, 0.6) is 5.75 Å². The van der Waals surface area contributed by atoms with E-state index in [-0.39, 0.29) is 24.3 Å². The Kier molecular flexibility index (Phi) is 7.60. The third-order valence-corrected chi connectivity index (χ3v) is 3.60. The highest BCUT2D eigenvalue weighted by Gasteiger charge is 2.20. The number of aromatic nitrogens is 1. The van der Waals surface area contributed by atoms with E-state index in [1.807, 2.05) is 0 Å². The maximum absolute atomic E-state index is 12.2. The van der Waals surface area contributed by atoms with Crippen molar-refractivity contribution in [3.63, 3.8) is 0 Å². The first-order chi connectivity index (χ1) is 11.4. The molecule has 2 rings (SSSR count). The first-order valence-electron chi connectivity index (χ1n) is 7.02. The number of methoxy groups -OCH3 is 1. The number of aryl methyl sites for hydroxylation is 1. The van der Waals surface area contributed by atoms with Gasteiger partial charge in [0.2, 0.25) is 0 Å². The number of aldehydes is 1. The van der Waals surface area contributed by atoms with Crippen molar-refractivity contribution in [2.24, 2.45) is 7.05 Å². The summed E-state index contributed by atoms with van der Waals surface area (Å²) in [4.78, 5) is 34.5. The monoisotopic (exact) mass is 398 g/mol. The molecule has 0 aliphatic carbocycles. The van der Waals surface area contributed by atoms with Gasteiger partial charge in [0.25, 0.3) is 11.5 Å². The van der Waals surface area contributed by atoms with Gasteiger partial charge < -0.3 is 24.5 Å². The average molecular weight is 399 g/mol. The molecule has 1 aromatic carbocycles. The molecule has 0 aliphatic rings. The topological polar surface area (TPSA) is 97.6 Å². The molecule has 2 aromatic rings. The molecule has 24 heavy (non-hydrogen) atoms. The molecule has 0 atom stereocenters. The third kappa shape index (κ3) is 4.42. The lowest BCUT2D eigenvalue weighted by atomic mass is 10.1. The molecule has 0 bridgehead atoms. The molecule has 0 spiro atoms. The molecule has 0 saturated carbocycles. The summed E-state index contributed by atoms with van der Waals surface area (Å²) in [6.07, 6.45) is 0.809. The van der Waals surface area contributed by atoms with Gasteiger partial charge in [0.1, 0.15) is 17.6 Å². The van der Waals surface area contributed by atoms with Crippen LogP contribution in [0.15, 0.2) is 27.5 Å². The van der Waals surface area contributed by atoms with Crippen LogP contribution in [0.2, 0.25) is 0 Å². The maximum Gasteiger partial charge on any atom is 0.267 e. The van der Waals surface area contributed by atoms with Gasteiger partial charge >= 0.3 is 0 Å². The van der Waals surface area contributed by atoms with Gasteiger partial charge in [-0.15, -0.1) is 0 Å². The van der Waals surface area contributed by atoms with Gasteiger partial charge in [-0.3, -0.25) is 9.59 Å². The van der Waals surface area contributed by atoms with E-state index in [1.165, 1.54) is 11.6 Å². The number of pyridine rings is 1. The number of hydrogen-bond acceptors (Lipinski definition) is 5. The summed E-state index contributed by atoms with van der Waals surface area (Å²) in [6.45, 7) is 0.114. The van der Waals surface area contributed by atoms with Crippen molar-refractivity contribution in [3.8, 4) is 5.75 Å². The van der Waals surface area contributed by atoms with Crippen molar-refractivity contribution in [1.29, 1.82) is 0 Å². The second-order valence-corrected chi connectivity index (χ2v) is 5.78. The first-order valence-corrected chi connectivity index (χ1v) is 7.81. The largest absolute Gasteiger partial charge is 0.506 e. The number of carbonyl (C=O) groups is 2. The molecule has 8 heteroatoms. The number of carbonyl (C=O) groups excluding carboxylic acids is 2. The molecule has 2 N–H and O–H groups in total. The minimum absolute atomic E-state index is 0.114. The Morgan fingerprint density at radius 2 is 2.04 bits per heavy atom. The predicted octanol–water partition coefficient (Wildman–Crippen LogP) is 1.59. The van der Waals surface area contributed by atoms with Crippen LogP contribution >= 0.6 is 15.9 Å². The van der Waals surface area contributed by atoms with Crippen LogP contribution in [-0.2, 0) is 16.6 Å². The number of rotatable bonds is 4. The van der Waals surface area contributed by atoms with Gasteiger partial charge in [0.05, 0.1) is 5.52 Å². The highest BCUT2D eigenvalue weighted by atomic mass is 79.9. The molecule has 7 nitrogen and oxygen atoms in total. The fourth-order valence-corrected chi connectivity index (χ4v) is 2.38. The molecule has 0 fully saturated rings. The van der Waals surface area contributed by atoms with Gasteiger partial charge in [0.15, 0.2) is 0 Å². The predicted molar refractivity (Wildman–Crippen MR) is 94.5 cm³/mol. The highest BCUT2D eigenvalue weighted by Crippen LogP contribution is 2.28. The second kappa shape index (κ2) is 9.19. The number of halogens is 1. The molecular formula is C16H19BrN2O5. The Labute approximate surface area is 147 Å². The van der Waals surface area contributed by atoms with Crippen molar-refractivity contribution in [2.75, 3.05) is 20.8 Å². The molecule has 0 aliphatic heterocycles. The third-order valence-electron chi connectivity index (χ3n) is 3.11. The van der Waals surface area contributed by atoms with Crippen LogP contribution in [0.1, 0.15) is 16.8 Å². The molecule has 0 radical (unpaired) electrons. The molecule has 0 saturated heterocycles. The van der Waals surface area contributed by atoms with Crippen molar-refractivity contribution in [2.45, 2.75) is 6.42 Å². The number of nitrogens with one attached hydrogen (secondary N) is 1. The minimum atomic E-state index is -0.695. The molecule has 1 aromatic heterocycles. The summed E-state index contributed by atoms with van der Waals surface area (Å²) in [7, 11) is 4.78. The summed E-state index contributed by atoms with van der Waals surface area (Å²) in [6, 6.07) is 5.02. The molecule has 1 amide bonds. The lowest BCUT2D eigenvalue weighted by Gasteiger charge is -2.12. The number of fused-ring (bicyclic) bond motifs is 1. The van der Waals surface area contributed by atoms with Gasteiger partial charge in [-0.2, -0.15) is 0 Å². The Morgan fingerprint density at radius 3 is 2.62 bits per heavy atom. The molecular weight excluding hydrogens is 380 g/mol. The summed E-state index contributed by atoms with van der Waals surface area (Å²) in [5.74, 6) is -1.05. The normalized spacial score (nSPS) is 10.0. The number of ether oxygens (including phenoxy) is 1. The van der Waals surface area contributed by atoms with E-state index in [0.29, 0.717) is 17.2 Å². The number of amides is 1. The molecule has 130 valence electrons. The number of hydrogen-bond donors (Lipinski definition) is 2. The summed E-state index contributed by atoms with van der Waals surface area (Å²) in [5.41, 5.74) is -0.406. The highest BCUT2D eigenvalue weighted by molar-refractivity contribution is 9.10. The number of benzene rings is 1. The van der Waals surface area contributed by atoms with Crippen LogP contribution in [-0.4, -0.2) is 42.6 Å². The van der Waals surface area contributed by atoms with Crippen molar-refractivity contribution in [1.82, 2.24) is 9.88 Å². The van der Waals surface area contributed by atoms with Crippen LogP contribution < -0.4 is 10.9 Å². The van der Waals surface area contributed by atoms with E-state index < -0.39 is 11.5 Å².